The number of nitrogens with zero attached hydrogens (tertiary/aromatic N) is 3. The molecule has 1 aromatic rings. The van der Waals surface area contributed by atoms with Crippen molar-refractivity contribution in [2.45, 2.75) is 19.4 Å². The lowest BCUT2D eigenvalue weighted by Gasteiger charge is -2.17. The van der Waals surface area contributed by atoms with Crippen LogP contribution in [0.3, 0.4) is 0 Å². The molecule has 1 aliphatic heterocycles. The Bertz CT molecular complexity index is 352. The molecule has 1 aliphatic rings. The van der Waals surface area contributed by atoms with Gasteiger partial charge in [0.2, 0.25) is 0 Å². The van der Waals surface area contributed by atoms with Crippen molar-refractivity contribution < 1.29 is 4.52 Å². The van der Waals surface area contributed by atoms with Gasteiger partial charge in [0.25, 0.3) is 0 Å². The second kappa shape index (κ2) is 5.51. The Kier molecular flexibility index (Phi) is 4.02. The number of hydrogen-bond acceptors (Lipinski definition) is 5. The van der Waals surface area contributed by atoms with Crippen LogP contribution in [-0.4, -0.2) is 48.7 Å². The predicted molar refractivity (Wildman–Crippen MR) is 67.5 cm³/mol. The standard InChI is InChI=1S/C12H22N4O/c1-15-5-3-10(8-15)4-6-16(2)9-11-7-12(13)14-17-11/h7,10H,3-6,8-9H2,1-2H3,(H2,13,14). The first kappa shape index (κ1) is 12.4. The van der Waals surface area contributed by atoms with Crippen LogP contribution in [0.2, 0.25) is 0 Å². The second-order valence-electron chi connectivity index (χ2n) is 5.16. The number of nitrogen functional groups attached to an aromatic ring is 1. The number of aromatic nitrogens is 1. The Balaban J connectivity index is 1.69. The zero-order chi connectivity index (χ0) is 12.3. The highest BCUT2D eigenvalue weighted by molar-refractivity contribution is 5.26. The van der Waals surface area contributed by atoms with Gasteiger partial charge in [-0.25, -0.2) is 0 Å². The van der Waals surface area contributed by atoms with Gasteiger partial charge in [0.1, 0.15) is 0 Å². The average Bonchev–Trinajstić information content (AvgIpc) is 2.85. The van der Waals surface area contributed by atoms with Crippen LogP contribution in [0, 0.1) is 5.92 Å². The smallest absolute Gasteiger partial charge is 0.167 e. The van der Waals surface area contributed by atoms with E-state index in [9.17, 15) is 0 Å². The van der Waals surface area contributed by atoms with Crippen LogP contribution in [0.1, 0.15) is 18.6 Å². The van der Waals surface area contributed by atoms with Crippen molar-refractivity contribution in [1.29, 1.82) is 0 Å². The average molecular weight is 238 g/mol. The van der Waals surface area contributed by atoms with E-state index in [1.165, 1.54) is 25.9 Å². The van der Waals surface area contributed by atoms with Crippen molar-refractivity contribution in [2.24, 2.45) is 5.92 Å². The van der Waals surface area contributed by atoms with E-state index in [0.29, 0.717) is 5.82 Å². The van der Waals surface area contributed by atoms with Gasteiger partial charge in [0, 0.05) is 12.6 Å². The topological polar surface area (TPSA) is 58.5 Å². The van der Waals surface area contributed by atoms with Gasteiger partial charge in [-0.15, -0.1) is 0 Å². The third-order valence-electron chi connectivity index (χ3n) is 3.41. The number of rotatable bonds is 5. The summed E-state index contributed by atoms with van der Waals surface area (Å²) in [7, 11) is 4.30. The number of anilines is 1. The minimum absolute atomic E-state index is 0.464. The van der Waals surface area contributed by atoms with Crippen molar-refractivity contribution >= 4 is 5.82 Å². The fourth-order valence-electron chi connectivity index (χ4n) is 2.41. The number of hydrogen-bond donors (Lipinski definition) is 1. The van der Waals surface area contributed by atoms with Gasteiger partial charge in [-0.05, 0) is 45.9 Å². The van der Waals surface area contributed by atoms with Crippen LogP contribution in [-0.2, 0) is 6.54 Å². The van der Waals surface area contributed by atoms with E-state index < -0.39 is 0 Å². The zero-order valence-electron chi connectivity index (χ0n) is 10.7. The fraction of sp³-hybridized carbons (Fsp3) is 0.750. The molecule has 1 saturated heterocycles. The summed E-state index contributed by atoms with van der Waals surface area (Å²) in [6.07, 6.45) is 2.59. The lowest BCUT2D eigenvalue weighted by molar-refractivity contribution is 0.254. The van der Waals surface area contributed by atoms with E-state index in [0.717, 1.165) is 24.8 Å². The maximum absolute atomic E-state index is 5.51. The van der Waals surface area contributed by atoms with Gasteiger partial charge in [0.15, 0.2) is 11.6 Å². The summed E-state index contributed by atoms with van der Waals surface area (Å²) in [5.41, 5.74) is 5.51. The molecule has 17 heavy (non-hydrogen) atoms. The van der Waals surface area contributed by atoms with Gasteiger partial charge < -0.3 is 15.2 Å². The van der Waals surface area contributed by atoms with E-state index in [4.69, 9.17) is 10.3 Å². The Hall–Kier alpha value is -1.07. The summed E-state index contributed by atoms with van der Waals surface area (Å²) in [4.78, 5) is 4.67. The predicted octanol–water partition coefficient (Wildman–Crippen LogP) is 1.03. The van der Waals surface area contributed by atoms with Gasteiger partial charge in [-0.3, -0.25) is 4.90 Å². The molecular weight excluding hydrogens is 216 g/mol. The molecule has 0 aromatic carbocycles. The molecular formula is C12H22N4O. The summed E-state index contributed by atoms with van der Waals surface area (Å²) in [5, 5.41) is 3.69. The molecule has 0 spiro atoms. The lowest BCUT2D eigenvalue weighted by atomic mass is 10.1. The third-order valence-corrected chi connectivity index (χ3v) is 3.41. The minimum Gasteiger partial charge on any atom is -0.381 e. The largest absolute Gasteiger partial charge is 0.381 e. The molecule has 0 bridgehead atoms. The quantitative estimate of drug-likeness (QED) is 0.830. The first-order valence-corrected chi connectivity index (χ1v) is 6.21. The Labute approximate surface area is 103 Å². The highest BCUT2D eigenvalue weighted by Crippen LogP contribution is 2.18. The molecule has 2 rings (SSSR count). The molecule has 1 aromatic heterocycles. The van der Waals surface area contributed by atoms with Crippen molar-refractivity contribution in [3.8, 4) is 0 Å². The molecule has 2 N–H and O–H groups in total. The van der Waals surface area contributed by atoms with Crippen LogP contribution in [0.4, 0.5) is 5.82 Å². The van der Waals surface area contributed by atoms with Crippen LogP contribution in [0.5, 0.6) is 0 Å². The SMILES string of the molecule is CN(CCC1CCN(C)C1)Cc1cc(N)no1. The summed E-state index contributed by atoms with van der Waals surface area (Å²) >= 11 is 0. The van der Waals surface area contributed by atoms with Crippen LogP contribution in [0.15, 0.2) is 10.6 Å². The highest BCUT2D eigenvalue weighted by atomic mass is 16.5. The molecule has 1 fully saturated rings. The van der Waals surface area contributed by atoms with E-state index in [1.54, 1.807) is 6.07 Å². The maximum atomic E-state index is 5.51. The van der Waals surface area contributed by atoms with Crippen molar-refractivity contribution in [3.63, 3.8) is 0 Å². The third kappa shape index (κ3) is 3.71. The van der Waals surface area contributed by atoms with Crippen LogP contribution < -0.4 is 5.73 Å². The first-order chi connectivity index (χ1) is 8.13. The molecule has 0 amide bonds. The lowest BCUT2D eigenvalue weighted by Crippen LogP contribution is -2.22. The summed E-state index contributed by atoms with van der Waals surface area (Å²) in [6, 6.07) is 1.79. The highest BCUT2D eigenvalue weighted by Gasteiger charge is 2.19. The maximum Gasteiger partial charge on any atom is 0.167 e. The first-order valence-electron chi connectivity index (χ1n) is 6.21. The molecule has 2 heterocycles. The Morgan fingerprint density at radius 1 is 1.65 bits per heavy atom. The van der Waals surface area contributed by atoms with Crippen LogP contribution >= 0.6 is 0 Å². The van der Waals surface area contributed by atoms with Crippen molar-refractivity contribution in [3.05, 3.63) is 11.8 Å². The normalized spacial score (nSPS) is 21.5. The van der Waals surface area contributed by atoms with E-state index in [-0.39, 0.29) is 0 Å². The fourth-order valence-corrected chi connectivity index (χ4v) is 2.41. The van der Waals surface area contributed by atoms with E-state index in [1.807, 2.05) is 0 Å². The van der Waals surface area contributed by atoms with Gasteiger partial charge in [-0.1, -0.05) is 5.16 Å². The molecule has 5 heteroatoms. The Morgan fingerprint density at radius 2 is 2.47 bits per heavy atom. The molecule has 0 aliphatic carbocycles. The van der Waals surface area contributed by atoms with Gasteiger partial charge in [0.05, 0.1) is 6.54 Å². The summed E-state index contributed by atoms with van der Waals surface area (Å²) in [5.74, 6) is 2.15. The summed E-state index contributed by atoms with van der Waals surface area (Å²) < 4.78 is 5.10. The van der Waals surface area contributed by atoms with E-state index in [2.05, 4.69) is 29.1 Å². The monoisotopic (exact) mass is 238 g/mol. The molecule has 96 valence electrons. The summed E-state index contributed by atoms with van der Waals surface area (Å²) in [6.45, 7) is 4.36. The van der Waals surface area contributed by atoms with Crippen LogP contribution in [0.25, 0.3) is 0 Å². The molecule has 1 atom stereocenters. The molecule has 0 saturated carbocycles. The van der Waals surface area contributed by atoms with E-state index >= 15 is 0 Å². The van der Waals surface area contributed by atoms with Crippen molar-refractivity contribution in [1.82, 2.24) is 15.0 Å². The van der Waals surface area contributed by atoms with Crippen molar-refractivity contribution in [2.75, 3.05) is 39.5 Å². The second-order valence-corrected chi connectivity index (χ2v) is 5.16. The molecule has 1 unspecified atom stereocenters. The zero-order valence-corrected chi connectivity index (χ0v) is 10.7. The molecule has 5 nitrogen and oxygen atoms in total. The number of nitrogens with two attached hydrogens (primary N) is 1. The van der Waals surface area contributed by atoms with Gasteiger partial charge in [-0.2, -0.15) is 0 Å². The Morgan fingerprint density at radius 3 is 3.06 bits per heavy atom. The minimum atomic E-state index is 0.464. The molecule has 0 radical (unpaired) electrons. The van der Waals surface area contributed by atoms with Gasteiger partial charge >= 0.3 is 0 Å². The number of likely N-dealkylation sites (tertiary alicyclic amines) is 1.